The highest BCUT2D eigenvalue weighted by atomic mass is 16.6. The maximum Gasteiger partial charge on any atom is 0.270 e. The Morgan fingerprint density at radius 3 is 2.66 bits per heavy atom. The number of fused-ring (bicyclic) bond motifs is 1. The van der Waals surface area contributed by atoms with Crippen LogP contribution in [0.2, 0.25) is 0 Å². The zero-order chi connectivity index (χ0) is 20.4. The number of hydrogen-bond acceptors (Lipinski definition) is 5. The van der Waals surface area contributed by atoms with Gasteiger partial charge in [0.25, 0.3) is 11.2 Å². The summed E-state index contributed by atoms with van der Waals surface area (Å²) in [4.78, 5) is 27.7. The fourth-order valence-electron chi connectivity index (χ4n) is 3.03. The lowest BCUT2D eigenvalue weighted by Crippen LogP contribution is -2.20. The van der Waals surface area contributed by atoms with Crippen molar-refractivity contribution in [2.45, 2.75) is 6.54 Å². The Bertz CT molecular complexity index is 1290. The fraction of sp³-hybridized carbons (Fsp3) is 0.0952. The maximum atomic E-state index is 12.7. The number of hydrogen-bond donors (Lipinski definition) is 0. The van der Waals surface area contributed by atoms with Crippen molar-refractivity contribution in [3.8, 4) is 0 Å². The molecule has 2 heterocycles. The topological polar surface area (TPSA) is 95.8 Å². The van der Waals surface area contributed by atoms with Crippen LogP contribution in [0.5, 0.6) is 0 Å². The zero-order valence-corrected chi connectivity index (χ0v) is 15.6. The first kappa shape index (κ1) is 18.3. The minimum Gasteiger partial charge on any atom is -0.296 e. The second-order valence-corrected chi connectivity index (χ2v) is 6.57. The third-order valence-corrected chi connectivity index (χ3v) is 4.53. The molecule has 0 saturated carbocycles. The van der Waals surface area contributed by atoms with Gasteiger partial charge >= 0.3 is 0 Å². The van der Waals surface area contributed by atoms with Crippen molar-refractivity contribution in [1.29, 1.82) is 0 Å². The van der Waals surface area contributed by atoms with Crippen LogP contribution in [0.1, 0.15) is 17.0 Å². The van der Waals surface area contributed by atoms with E-state index in [2.05, 4.69) is 10.1 Å². The first-order chi connectivity index (χ1) is 14.0. The molecule has 0 unspecified atom stereocenters. The number of benzene rings is 2. The summed E-state index contributed by atoms with van der Waals surface area (Å²) >= 11 is 0. The van der Waals surface area contributed by atoms with Crippen LogP contribution in [0, 0.1) is 10.1 Å². The minimum atomic E-state index is -0.448. The summed E-state index contributed by atoms with van der Waals surface area (Å²) in [7, 11) is 1.64. The zero-order valence-electron chi connectivity index (χ0n) is 15.6. The summed E-state index contributed by atoms with van der Waals surface area (Å²) in [5.74, 6) is 0.416. The van der Waals surface area contributed by atoms with Gasteiger partial charge in [0.2, 0.25) is 0 Å². The summed E-state index contributed by atoms with van der Waals surface area (Å²) < 4.78 is 3.13. The van der Waals surface area contributed by atoms with Crippen molar-refractivity contribution < 1.29 is 4.92 Å². The molecule has 144 valence electrons. The van der Waals surface area contributed by atoms with Crippen molar-refractivity contribution in [1.82, 2.24) is 19.3 Å². The summed E-state index contributed by atoms with van der Waals surface area (Å²) in [6, 6.07) is 16.1. The number of nitro benzene ring substituents is 1. The molecule has 8 heteroatoms. The molecule has 0 bridgehead atoms. The van der Waals surface area contributed by atoms with Gasteiger partial charge < -0.3 is 0 Å². The van der Waals surface area contributed by atoms with Crippen LogP contribution < -0.4 is 5.56 Å². The number of nitrogens with zero attached hydrogens (tertiary/aromatic N) is 5. The molecule has 0 fully saturated rings. The average molecular weight is 387 g/mol. The highest BCUT2D eigenvalue weighted by Gasteiger charge is 2.11. The largest absolute Gasteiger partial charge is 0.296 e. The standard InChI is InChI=1S/C21H17N5O3/c1-24-19(11-10-15-8-5-9-17(12-15)26(28)29)22-20-18(21(24)27)14-25(23-20)13-16-6-3-2-4-7-16/h2-12,14H,13H2,1H3/b11-10+. The van der Waals surface area contributed by atoms with Crippen molar-refractivity contribution in [3.63, 3.8) is 0 Å². The van der Waals surface area contributed by atoms with Gasteiger partial charge in [-0.25, -0.2) is 4.98 Å². The monoisotopic (exact) mass is 387 g/mol. The predicted molar refractivity (Wildman–Crippen MR) is 110 cm³/mol. The number of nitro groups is 1. The van der Waals surface area contributed by atoms with Crippen LogP contribution in [0.3, 0.4) is 0 Å². The summed E-state index contributed by atoms with van der Waals surface area (Å²) in [6.45, 7) is 0.541. The Labute approximate surface area is 165 Å². The lowest BCUT2D eigenvalue weighted by molar-refractivity contribution is -0.384. The third-order valence-electron chi connectivity index (χ3n) is 4.53. The van der Waals surface area contributed by atoms with E-state index in [1.165, 1.54) is 16.7 Å². The molecule has 0 N–H and O–H groups in total. The number of rotatable bonds is 5. The summed E-state index contributed by atoms with van der Waals surface area (Å²) in [6.07, 6.45) is 5.03. The van der Waals surface area contributed by atoms with Crippen LogP contribution in [0.4, 0.5) is 5.69 Å². The van der Waals surface area contributed by atoms with Crippen molar-refractivity contribution in [2.75, 3.05) is 0 Å². The molecule has 29 heavy (non-hydrogen) atoms. The maximum absolute atomic E-state index is 12.7. The molecule has 8 nitrogen and oxygen atoms in total. The Balaban J connectivity index is 1.68. The minimum absolute atomic E-state index is 0.00380. The van der Waals surface area contributed by atoms with Crippen LogP contribution in [-0.2, 0) is 13.6 Å². The first-order valence-corrected chi connectivity index (χ1v) is 8.92. The molecule has 0 atom stereocenters. The van der Waals surface area contributed by atoms with Crippen molar-refractivity contribution >= 4 is 28.9 Å². The molecule has 0 radical (unpaired) electrons. The highest BCUT2D eigenvalue weighted by Crippen LogP contribution is 2.16. The molecule has 0 aliphatic carbocycles. The smallest absolute Gasteiger partial charge is 0.270 e. The van der Waals surface area contributed by atoms with Gasteiger partial charge in [0, 0.05) is 25.4 Å². The van der Waals surface area contributed by atoms with E-state index in [0.29, 0.717) is 29.0 Å². The quantitative estimate of drug-likeness (QED) is 0.387. The molecular formula is C21H17N5O3. The molecule has 2 aromatic carbocycles. The van der Waals surface area contributed by atoms with Crippen molar-refractivity contribution in [2.24, 2.45) is 7.05 Å². The SMILES string of the molecule is Cn1c(/C=C/c2cccc([N+](=O)[O-])c2)nc2nn(Cc3ccccc3)cc2c1=O. The second kappa shape index (κ2) is 7.51. The van der Waals surface area contributed by atoms with Crippen LogP contribution in [0.15, 0.2) is 65.6 Å². The van der Waals surface area contributed by atoms with Crippen LogP contribution in [-0.4, -0.2) is 24.3 Å². The normalized spacial score (nSPS) is 11.3. The molecule has 0 aliphatic heterocycles. The van der Waals surface area contributed by atoms with Gasteiger partial charge in [-0.3, -0.25) is 24.2 Å². The molecular weight excluding hydrogens is 370 g/mol. The predicted octanol–water partition coefficient (Wildman–Crippen LogP) is 3.26. The van der Waals surface area contributed by atoms with E-state index >= 15 is 0 Å². The lowest BCUT2D eigenvalue weighted by Gasteiger charge is -2.02. The van der Waals surface area contributed by atoms with E-state index in [9.17, 15) is 14.9 Å². The Morgan fingerprint density at radius 2 is 1.90 bits per heavy atom. The molecule has 2 aromatic heterocycles. The van der Waals surface area contributed by atoms with E-state index in [1.807, 2.05) is 30.3 Å². The Morgan fingerprint density at radius 1 is 1.10 bits per heavy atom. The number of aromatic nitrogens is 4. The molecule has 0 saturated heterocycles. The third kappa shape index (κ3) is 3.81. The lowest BCUT2D eigenvalue weighted by atomic mass is 10.2. The van der Waals surface area contributed by atoms with Gasteiger partial charge in [-0.2, -0.15) is 5.10 Å². The van der Waals surface area contributed by atoms with Crippen LogP contribution >= 0.6 is 0 Å². The van der Waals surface area contributed by atoms with E-state index < -0.39 is 4.92 Å². The molecule has 4 aromatic rings. The first-order valence-electron chi connectivity index (χ1n) is 8.92. The van der Waals surface area contributed by atoms with Gasteiger partial charge in [-0.05, 0) is 17.2 Å². The van der Waals surface area contributed by atoms with E-state index in [4.69, 9.17) is 0 Å². The van der Waals surface area contributed by atoms with Gasteiger partial charge in [-0.1, -0.05) is 48.5 Å². The molecule has 4 rings (SSSR count). The highest BCUT2D eigenvalue weighted by molar-refractivity contribution is 5.75. The van der Waals surface area contributed by atoms with E-state index in [0.717, 1.165) is 5.56 Å². The Kier molecular flexibility index (Phi) is 4.74. The van der Waals surface area contributed by atoms with Crippen molar-refractivity contribution in [3.05, 3.63) is 98.2 Å². The fourth-order valence-corrected chi connectivity index (χ4v) is 3.03. The summed E-state index contributed by atoms with van der Waals surface area (Å²) in [5.41, 5.74) is 1.88. The van der Waals surface area contributed by atoms with Gasteiger partial charge in [0.1, 0.15) is 11.2 Å². The van der Waals surface area contributed by atoms with Gasteiger partial charge in [0.05, 0.1) is 11.5 Å². The van der Waals surface area contributed by atoms with Crippen LogP contribution in [0.25, 0.3) is 23.2 Å². The number of non-ortho nitro benzene ring substituents is 1. The summed E-state index contributed by atoms with van der Waals surface area (Å²) in [5, 5.41) is 15.8. The van der Waals surface area contributed by atoms with E-state index in [-0.39, 0.29) is 11.2 Å². The van der Waals surface area contributed by atoms with Gasteiger partial charge in [0.15, 0.2) is 5.65 Å². The Hall–Kier alpha value is -4.07. The molecule has 0 aliphatic rings. The van der Waals surface area contributed by atoms with Gasteiger partial charge in [-0.15, -0.1) is 0 Å². The second-order valence-electron chi connectivity index (χ2n) is 6.57. The molecule has 0 spiro atoms. The van der Waals surface area contributed by atoms with E-state index in [1.54, 1.807) is 42.2 Å². The average Bonchev–Trinajstić information content (AvgIpc) is 3.13. The molecule has 0 amide bonds.